The topological polar surface area (TPSA) is 99.5 Å². The lowest BCUT2D eigenvalue weighted by Gasteiger charge is -2.31. The fourth-order valence-electron chi connectivity index (χ4n) is 3.61. The van der Waals surface area contributed by atoms with Crippen LogP contribution < -0.4 is 5.32 Å². The largest absolute Gasteiger partial charge is 0.449 e. The summed E-state index contributed by atoms with van der Waals surface area (Å²) < 4.78 is 5.39. The Morgan fingerprint density at radius 3 is 2.45 bits per heavy atom. The molecule has 7 nitrogen and oxygen atoms in total. The van der Waals surface area contributed by atoms with E-state index in [1.54, 1.807) is 31.2 Å². The highest BCUT2D eigenvalue weighted by Crippen LogP contribution is 2.26. The number of rotatable bonds is 9. The third-order valence-electron chi connectivity index (χ3n) is 6.40. The van der Waals surface area contributed by atoms with Gasteiger partial charge in [-0.25, -0.2) is 4.79 Å². The standard InChI is InChI=1S/C25H35N3O4S/c1-17(2)25(4,16-26)27-23(30)18(3)32-24(31)20-13-9-10-14-21(20)33-15-22(29)28(5)19-11-7-6-8-12-19/h9-10,13-14,17-19H,6-8,11-12,15H2,1-5H3,(H,27,30). The zero-order valence-electron chi connectivity index (χ0n) is 20.2. The summed E-state index contributed by atoms with van der Waals surface area (Å²) in [5.41, 5.74) is -0.752. The number of nitriles is 1. The molecule has 0 aromatic heterocycles. The molecule has 1 aliphatic carbocycles. The summed E-state index contributed by atoms with van der Waals surface area (Å²) in [5, 5.41) is 12.1. The quantitative estimate of drug-likeness (QED) is 0.427. The maximum absolute atomic E-state index is 12.8. The highest BCUT2D eigenvalue weighted by atomic mass is 32.2. The van der Waals surface area contributed by atoms with Crippen LogP contribution in [0.1, 0.15) is 70.2 Å². The molecule has 0 saturated heterocycles. The SMILES string of the molecule is CC(OC(=O)c1ccccc1SCC(=O)N(C)C1CCCCC1)C(=O)NC(C)(C#N)C(C)C. The molecule has 33 heavy (non-hydrogen) atoms. The summed E-state index contributed by atoms with van der Waals surface area (Å²) in [7, 11) is 1.85. The number of nitrogens with one attached hydrogen (secondary N) is 1. The number of ether oxygens (including phenoxy) is 1. The van der Waals surface area contributed by atoms with E-state index in [9.17, 15) is 19.6 Å². The fourth-order valence-corrected chi connectivity index (χ4v) is 4.58. The van der Waals surface area contributed by atoms with Gasteiger partial charge in [-0.3, -0.25) is 9.59 Å². The molecule has 1 N–H and O–H groups in total. The second kappa shape index (κ2) is 12.1. The minimum atomic E-state index is -1.07. The van der Waals surface area contributed by atoms with Gasteiger partial charge in [0.15, 0.2) is 6.10 Å². The fraction of sp³-hybridized carbons (Fsp3) is 0.600. The Balaban J connectivity index is 1.99. The van der Waals surface area contributed by atoms with Crippen molar-refractivity contribution in [1.82, 2.24) is 10.2 Å². The number of nitrogens with zero attached hydrogens (tertiary/aromatic N) is 2. The molecule has 2 rings (SSSR count). The smallest absolute Gasteiger partial charge is 0.340 e. The second-order valence-electron chi connectivity index (χ2n) is 9.09. The van der Waals surface area contributed by atoms with Crippen LogP contribution in [0.15, 0.2) is 29.2 Å². The molecule has 0 spiro atoms. The van der Waals surface area contributed by atoms with E-state index in [0.717, 1.165) is 25.7 Å². The molecule has 0 heterocycles. The van der Waals surface area contributed by atoms with Crippen LogP contribution in [0.5, 0.6) is 0 Å². The zero-order valence-corrected chi connectivity index (χ0v) is 21.0. The van der Waals surface area contributed by atoms with Crippen molar-refractivity contribution in [2.24, 2.45) is 5.92 Å². The van der Waals surface area contributed by atoms with Gasteiger partial charge in [0.2, 0.25) is 5.91 Å². The predicted octanol–water partition coefficient (Wildman–Crippen LogP) is 4.17. The van der Waals surface area contributed by atoms with Crippen LogP contribution >= 0.6 is 11.8 Å². The summed E-state index contributed by atoms with van der Waals surface area (Å²) in [6, 6.07) is 9.30. The van der Waals surface area contributed by atoms with E-state index < -0.39 is 23.5 Å². The van der Waals surface area contributed by atoms with Crippen molar-refractivity contribution in [2.75, 3.05) is 12.8 Å². The first-order chi connectivity index (χ1) is 15.6. The molecule has 1 saturated carbocycles. The van der Waals surface area contributed by atoms with Gasteiger partial charge >= 0.3 is 5.97 Å². The Bertz CT molecular complexity index is 892. The highest BCUT2D eigenvalue weighted by Gasteiger charge is 2.33. The molecule has 2 unspecified atom stereocenters. The van der Waals surface area contributed by atoms with Gasteiger partial charge in [-0.15, -0.1) is 11.8 Å². The molecule has 1 aromatic rings. The number of carbonyl (C=O) groups is 3. The molecular weight excluding hydrogens is 438 g/mol. The number of benzene rings is 1. The van der Waals surface area contributed by atoms with Crippen LogP contribution in [-0.4, -0.2) is 53.2 Å². The first kappa shape index (κ1) is 26.7. The molecule has 0 radical (unpaired) electrons. The van der Waals surface area contributed by atoms with E-state index in [2.05, 4.69) is 11.4 Å². The lowest BCUT2D eigenvalue weighted by Crippen LogP contribution is -2.52. The Kier molecular flexibility index (Phi) is 9.78. The Morgan fingerprint density at radius 1 is 1.21 bits per heavy atom. The van der Waals surface area contributed by atoms with Crippen LogP contribution in [0, 0.1) is 17.2 Å². The predicted molar refractivity (Wildman–Crippen MR) is 129 cm³/mol. The number of thioether (sulfide) groups is 1. The maximum atomic E-state index is 12.8. The van der Waals surface area contributed by atoms with E-state index in [-0.39, 0.29) is 23.6 Å². The van der Waals surface area contributed by atoms with Gasteiger partial charge in [-0.2, -0.15) is 5.26 Å². The van der Waals surface area contributed by atoms with Crippen LogP contribution in [0.3, 0.4) is 0 Å². The molecule has 180 valence electrons. The van der Waals surface area contributed by atoms with Crippen molar-refractivity contribution in [1.29, 1.82) is 5.26 Å². The highest BCUT2D eigenvalue weighted by molar-refractivity contribution is 8.00. The number of hydrogen-bond acceptors (Lipinski definition) is 6. The number of esters is 1. The van der Waals surface area contributed by atoms with E-state index in [4.69, 9.17) is 4.74 Å². The molecule has 0 bridgehead atoms. The zero-order chi connectivity index (χ0) is 24.6. The first-order valence-corrected chi connectivity index (χ1v) is 12.5. The molecule has 1 aliphatic rings. The Morgan fingerprint density at radius 2 is 1.85 bits per heavy atom. The van der Waals surface area contributed by atoms with Crippen molar-refractivity contribution in [3.63, 3.8) is 0 Å². The summed E-state index contributed by atoms with van der Waals surface area (Å²) in [4.78, 5) is 40.5. The summed E-state index contributed by atoms with van der Waals surface area (Å²) >= 11 is 1.29. The van der Waals surface area contributed by atoms with Crippen molar-refractivity contribution in [2.45, 2.75) is 82.4 Å². The van der Waals surface area contributed by atoms with Crippen LogP contribution in [0.4, 0.5) is 0 Å². The molecule has 2 amide bonds. The maximum Gasteiger partial charge on any atom is 0.340 e. The van der Waals surface area contributed by atoms with Gasteiger partial charge in [0.05, 0.1) is 17.4 Å². The van der Waals surface area contributed by atoms with Crippen molar-refractivity contribution in [3.8, 4) is 6.07 Å². The Labute approximate surface area is 201 Å². The number of amides is 2. The summed E-state index contributed by atoms with van der Waals surface area (Å²) in [6.45, 7) is 6.78. The molecule has 2 atom stereocenters. The molecule has 8 heteroatoms. The molecular formula is C25H35N3O4S. The van der Waals surface area contributed by atoms with Gasteiger partial charge in [0.1, 0.15) is 5.54 Å². The van der Waals surface area contributed by atoms with Gasteiger partial charge < -0.3 is 15.0 Å². The summed E-state index contributed by atoms with van der Waals surface area (Å²) in [6.07, 6.45) is 4.55. The Hall–Kier alpha value is -2.53. The van der Waals surface area contributed by atoms with E-state index >= 15 is 0 Å². The minimum Gasteiger partial charge on any atom is -0.449 e. The van der Waals surface area contributed by atoms with Gasteiger partial charge in [0, 0.05) is 18.0 Å². The normalized spacial score (nSPS) is 16.9. The lowest BCUT2D eigenvalue weighted by atomic mass is 9.90. The van der Waals surface area contributed by atoms with Crippen molar-refractivity contribution in [3.05, 3.63) is 29.8 Å². The summed E-state index contributed by atoms with van der Waals surface area (Å²) in [5.74, 6) is -1.03. The van der Waals surface area contributed by atoms with Crippen molar-refractivity contribution >= 4 is 29.5 Å². The van der Waals surface area contributed by atoms with E-state index in [1.165, 1.54) is 25.1 Å². The first-order valence-electron chi connectivity index (χ1n) is 11.5. The minimum absolute atomic E-state index is 0.0345. The lowest BCUT2D eigenvalue weighted by molar-refractivity contribution is -0.131. The second-order valence-corrected chi connectivity index (χ2v) is 10.1. The molecule has 0 aliphatic heterocycles. The number of hydrogen-bond donors (Lipinski definition) is 1. The van der Waals surface area contributed by atoms with Crippen molar-refractivity contribution < 1.29 is 19.1 Å². The van der Waals surface area contributed by atoms with Gasteiger partial charge in [0.25, 0.3) is 5.91 Å². The third kappa shape index (κ3) is 7.23. The van der Waals surface area contributed by atoms with Gasteiger partial charge in [-0.05, 0) is 44.7 Å². The molecule has 1 fully saturated rings. The van der Waals surface area contributed by atoms with E-state index in [1.807, 2.05) is 25.8 Å². The molecule has 1 aromatic carbocycles. The average Bonchev–Trinajstić information content (AvgIpc) is 2.82. The van der Waals surface area contributed by atoms with E-state index in [0.29, 0.717) is 10.5 Å². The van der Waals surface area contributed by atoms with Crippen LogP contribution in [0.25, 0.3) is 0 Å². The third-order valence-corrected chi connectivity index (χ3v) is 7.46. The van der Waals surface area contributed by atoms with Crippen LogP contribution in [-0.2, 0) is 14.3 Å². The average molecular weight is 474 g/mol. The number of carbonyl (C=O) groups excluding carboxylic acids is 3. The monoisotopic (exact) mass is 473 g/mol. The van der Waals surface area contributed by atoms with Crippen LogP contribution in [0.2, 0.25) is 0 Å². The van der Waals surface area contributed by atoms with Gasteiger partial charge in [-0.1, -0.05) is 45.2 Å².